The fourth-order valence-corrected chi connectivity index (χ4v) is 2.30. The Morgan fingerprint density at radius 1 is 1.16 bits per heavy atom. The highest BCUT2D eigenvalue weighted by molar-refractivity contribution is 5.67. The molecule has 1 nitrogen and oxygen atoms in total. The Balaban J connectivity index is 2.40. The molecule has 1 aromatic rings. The van der Waals surface area contributed by atoms with Gasteiger partial charge in [0.05, 0.1) is 5.56 Å². The van der Waals surface area contributed by atoms with Gasteiger partial charge in [-0.15, -0.1) is 0 Å². The minimum absolute atomic E-state index is 0.142. The van der Waals surface area contributed by atoms with Crippen molar-refractivity contribution in [2.75, 3.05) is 0 Å². The number of nitrogens with two attached hydrogens (primary N) is 1. The van der Waals surface area contributed by atoms with Crippen LogP contribution < -0.4 is 5.73 Å². The molecule has 1 aliphatic rings. The number of benzene rings is 1. The summed E-state index contributed by atoms with van der Waals surface area (Å²) < 4.78 is 51.2. The molecule has 0 bridgehead atoms. The summed E-state index contributed by atoms with van der Waals surface area (Å²) in [6.45, 7) is 0. The summed E-state index contributed by atoms with van der Waals surface area (Å²) in [5.41, 5.74) is 5.81. The number of rotatable bonds is 1. The van der Waals surface area contributed by atoms with Crippen LogP contribution in [0.3, 0.4) is 0 Å². The van der Waals surface area contributed by atoms with Crippen LogP contribution in [-0.2, 0) is 6.18 Å². The van der Waals surface area contributed by atoms with Gasteiger partial charge in [0.15, 0.2) is 0 Å². The second-order valence-electron chi connectivity index (χ2n) is 4.79. The monoisotopic (exact) mass is 273 g/mol. The molecule has 1 atom stereocenters. The van der Waals surface area contributed by atoms with Crippen LogP contribution >= 0.6 is 0 Å². The van der Waals surface area contributed by atoms with Crippen LogP contribution in [0.2, 0.25) is 0 Å². The molecule has 104 valence electrons. The fraction of sp³-hybridized carbons (Fsp3) is 0.429. The lowest BCUT2D eigenvalue weighted by molar-refractivity contribution is -0.140. The molecule has 0 saturated carbocycles. The van der Waals surface area contributed by atoms with Gasteiger partial charge in [0.2, 0.25) is 0 Å². The molecule has 5 heteroatoms. The summed E-state index contributed by atoms with van der Waals surface area (Å²) in [6.07, 6.45) is 0.466. The molecule has 0 heterocycles. The van der Waals surface area contributed by atoms with E-state index in [1.54, 1.807) is 6.08 Å². The molecule has 0 spiro atoms. The van der Waals surface area contributed by atoms with Crippen molar-refractivity contribution < 1.29 is 17.6 Å². The molecule has 1 unspecified atom stereocenters. The third-order valence-corrected chi connectivity index (χ3v) is 3.29. The van der Waals surface area contributed by atoms with Crippen LogP contribution in [0.1, 0.15) is 36.8 Å². The molecule has 2 N–H and O–H groups in total. The topological polar surface area (TPSA) is 26.0 Å². The Kier molecular flexibility index (Phi) is 3.94. The van der Waals surface area contributed by atoms with Crippen molar-refractivity contribution in [2.24, 2.45) is 5.73 Å². The first-order valence-corrected chi connectivity index (χ1v) is 6.21. The molecule has 0 aliphatic heterocycles. The lowest BCUT2D eigenvalue weighted by Gasteiger charge is -2.12. The molecular formula is C14H15F4N. The summed E-state index contributed by atoms with van der Waals surface area (Å²) in [5, 5.41) is 0. The fourth-order valence-electron chi connectivity index (χ4n) is 2.30. The molecular weight excluding hydrogens is 258 g/mol. The third kappa shape index (κ3) is 3.35. The minimum Gasteiger partial charge on any atom is -0.324 e. The quantitative estimate of drug-likeness (QED) is 0.765. The second-order valence-corrected chi connectivity index (χ2v) is 4.79. The lowest BCUT2D eigenvalue weighted by atomic mass is 9.98. The number of hydrogen-bond acceptors (Lipinski definition) is 1. The first kappa shape index (κ1) is 14.1. The molecule has 19 heavy (non-hydrogen) atoms. The summed E-state index contributed by atoms with van der Waals surface area (Å²) in [4.78, 5) is 0. The van der Waals surface area contributed by atoms with Crippen molar-refractivity contribution in [3.8, 4) is 0 Å². The van der Waals surface area contributed by atoms with Gasteiger partial charge in [-0.1, -0.05) is 18.6 Å². The second kappa shape index (κ2) is 5.33. The average Bonchev–Trinajstić information content (AvgIpc) is 2.53. The van der Waals surface area contributed by atoms with E-state index in [1.807, 2.05) is 0 Å². The Labute approximate surface area is 109 Å². The Bertz CT molecular complexity index is 491. The molecule has 0 radical (unpaired) electrons. The predicted octanol–water partition coefficient (Wildman–Crippen LogP) is 4.13. The Morgan fingerprint density at radius 3 is 2.58 bits per heavy atom. The number of halogens is 4. The zero-order chi connectivity index (χ0) is 14.0. The van der Waals surface area contributed by atoms with Gasteiger partial charge in [0.25, 0.3) is 0 Å². The molecule has 0 aromatic heterocycles. The first-order valence-electron chi connectivity index (χ1n) is 6.21. The Hall–Kier alpha value is -1.36. The van der Waals surface area contributed by atoms with Crippen LogP contribution in [0.25, 0.3) is 5.57 Å². The van der Waals surface area contributed by atoms with Crippen molar-refractivity contribution in [2.45, 2.75) is 37.9 Å². The highest BCUT2D eigenvalue weighted by Gasteiger charge is 2.34. The van der Waals surface area contributed by atoms with Gasteiger partial charge in [-0.25, -0.2) is 4.39 Å². The van der Waals surface area contributed by atoms with Gasteiger partial charge in [-0.2, -0.15) is 13.2 Å². The van der Waals surface area contributed by atoms with Gasteiger partial charge in [0, 0.05) is 6.04 Å². The van der Waals surface area contributed by atoms with Crippen molar-refractivity contribution in [1.82, 2.24) is 0 Å². The van der Waals surface area contributed by atoms with E-state index in [2.05, 4.69) is 0 Å². The molecule has 1 aliphatic carbocycles. The zero-order valence-electron chi connectivity index (χ0n) is 10.3. The van der Waals surface area contributed by atoms with Crippen molar-refractivity contribution in [3.05, 3.63) is 41.2 Å². The SMILES string of the molecule is NC1C=C(c2ccc(F)c(C(F)(F)F)c2)CCCC1. The van der Waals surface area contributed by atoms with Crippen LogP contribution in [0.15, 0.2) is 24.3 Å². The van der Waals surface area contributed by atoms with Gasteiger partial charge < -0.3 is 5.73 Å². The predicted molar refractivity (Wildman–Crippen MR) is 65.8 cm³/mol. The molecule has 0 amide bonds. The summed E-state index contributed by atoms with van der Waals surface area (Å²) in [7, 11) is 0. The smallest absolute Gasteiger partial charge is 0.324 e. The molecule has 1 aromatic carbocycles. The van der Waals surface area contributed by atoms with E-state index >= 15 is 0 Å². The summed E-state index contributed by atoms with van der Waals surface area (Å²) in [6, 6.07) is 2.99. The maximum Gasteiger partial charge on any atom is 0.419 e. The van der Waals surface area contributed by atoms with E-state index < -0.39 is 17.6 Å². The summed E-state index contributed by atoms with van der Waals surface area (Å²) >= 11 is 0. The minimum atomic E-state index is -4.67. The van der Waals surface area contributed by atoms with E-state index in [4.69, 9.17) is 5.73 Å². The Morgan fingerprint density at radius 2 is 1.89 bits per heavy atom. The van der Waals surface area contributed by atoms with E-state index in [0.29, 0.717) is 12.0 Å². The van der Waals surface area contributed by atoms with Gasteiger partial charge in [-0.3, -0.25) is 0 Å². The molecule has 2 rings (SSSR count). The van der Waals surface area contributed by atoms with Crippen molar-refractivity contribution in [1.29, 1.82) is 0 Å². The number of alkyl halides is 3. The first-order chi connectivity index (χ1) is 8.88. The van der Waals surface area contributed by atoms with E-state index in [-0.39, 0.29) is 6.04 Å². The van der Waals surface area contributed by atoms with Gasteiger partial charge in [0.1, 0.15) is 5.82 Å². The van der Waals surface area contributed by atoms with Crippen LogP contribution in [-0.4, -0.2) is 6.04 Å². The number of hydrogen-bond donors (Lipinski definition) is 1. The van der Waals surface area contributed by atoms with E-state index in [1.165, 1.54) is 6.07 Å². The van der Waals surface area contributed by atoms with Crippen LogP contribution in [0.5, 0.6) is 0 Å². The number of allylic oxidation sites excluding steroid dienone is 1. The highest BCUT2D eigenvalue weighted by Crippen LogP contribution is 2.34. The van der Waals surface area contributed by atoms with E-state index in [0.717, 1.165) is 37.0 Å². The standard InChI is InChI=1S/C14H15F4N/c15-13-6-5-10(8-12(13)14(16,17)18)9-3-1-2-4-11(19)7-9/h5-8,11H,1-4,19H2. The maximum absolute atomic E-state index is 13.2. The molecule has 0 fully saturated rings. The summed E-state index contributed by atoms with van der Waals surface area (Å²) in [5.74, 6) is -1.24. The highest BCUT2D eigenvalue weighted by atomic mass is 19.4. The van der Waals surface area contributed by atoms with Gasteiger partial charge >= 0.3 is 6.18 Å². The van der Waals surface area contributed by atoms with Crippen molar-refractivity contribution in [3.63, 3.8) is 0 Å². The van der Waals surface area contributed by atoms with E-state index in [9.17, 15) is 17.6 Å². The largest absolute Gasteiger partial charge is 0.419 e. The average molecular weight is 273 g/mol. The van der Waals surface area contributed by atoms with Gasteiger partial charge in [-0.05, 0) is 42.5 Å². The van der Waals surface area contributed by atoms with Crippen LogP contribution in [0.4, 0.5) is 17.6 Å². The van der Waals surface area contributed by atoms with Crippen LogP contribution in [0, 0.1) is 5.82 Å². The van der Waals surface area contributed by atoms with Crippen molar-refractivity contribution >= 4 is 5.57 Å². The lowest BCUT2D eigenvalue weighted by Crippen LogP contribution is -2.15. The normalized spacial score (nSPS) is 20.9. The maximum atomic E-state index is 13.2. The molecule has 0 saturated heterocycles. The zero-order valence-corrected chi connectivity index (χ0v) is 10.3. The third-order valence-electron chi connectivity index (χ3n) is 3.29.